The maximum atomic E-state index is 5.31. The Kier molecular flexibility index (Phi) is 3.85. The molecule has 0 aliphatic heterocycles. The van der Waals surface area contributed by atoms with E-state index in [0.29, 0.717) is 0 Å². The molecule has 2 aromatic carbocycles. The minimum absolute atomic E-state index is 0.883. The third kappa shape index (κ3) is 2.38. The summed E-state index contributed by atoms with van der Waals surface area (Å²) in [7, 11) is 3.39. The molecule has 0 saturated heterocycles. The van der Waals surface area contributed by atoms with Crippen molar-refractivity contribution < 1.29 is 9.47 Å². The highest BCUT2D eigenvalue weighted by Gasteiger charge is 2.12. The Morgan fingerprint density at radius 3 is 2.45 bits per heavy atom. The molecule has 0 atom stereocenters. The van der Waals surface area contributed by atoms with Crippen LogP contribution in [0, 0.1) is 3.57 Å². The Morgan fingerprint density at radius 2 is 1.70 bits per heavy atom. The van der Waals surface area contributed by atoms with E-state index in [9.17, 15) is 0 Å². The number of benzene rings is 2. The van der Waals surface area contributed by atoms with Gasteiger partial charge in [-0.3, -0.25) is 0 Å². The predicted octanol–water partition coefficient (Wildman–Crippen LogP) is 5.19. The van der Waals surface area contributed by atoms with Crippen molar-refractivity contribution in [1.29, 1.82) is 0 Å². The Labute approximate surface area is 135 Å². The molecule has 102 valence electrons. The van der Waals surface area contributed by atoms with E-state index in [2.05, 4.69) is 46.9 Å². The maximum absolute atomic E-state index is 5.31. The van der Waals surface area contributed by atoms with E-state index >= 15 is 0 Å². The second-order valence-electron chi connectivity index (χ2n) is 4.34. The number of rotatable bonds is 3. The standard InChI is InChI=1S/C16H13IO2S/c1-18-11-5-3-4-10(8-11)16-15(17)13-9-12(19-2)6-7-14(13)20-16/h3-9H,1-2H3. The Hall–Kier alpha value is -1.27. The van der Waals surface area contributed by atoms with Gasteiger partial charge in [0, 0.05) is 18.5 Å². The third-order valence-corrected chi connectivity index (χ3v) is 5.87. The van der Waals surface area contributed by atoms with E-state index in [1.165, 1.54) is 24.1 Å². The summed E-state index contributed by atoms with van der Waals surface area (Å²) in [5.41, 5.74) is 1.19. The molecular formula is C16H13IO2S. The van der Waals surface area contributed by atoms with Gasteiger partial charge in [-0.25, -0.2) is 0 Å². The van der Waals surface area contributed by atoms with E-state index in [4.69, 9.17) is 9.47 Å². The highest BCUT2D eigenvalue weighted by Crippen LogP contribution is 2.41. The van der Waals surface area contributed by atoms with Crippen LogP contribution in [0.5, 0.6) is 11.5 Å². The monoisotopic (exact) mass is 396 g/mol. The SMILES string of the molecule is COc1cccc(-c2sc3ccc(OC)cc3c2I)c1. The van der Waals surface area contributed by atoms with Gasteiger partial charge in [-0.1, -0.05) is 12.1 Å². The van der Waals surface area contributed by atoms with Crippen LogP contribution < -0.4 is 9.47 Å². The van der Waals surface area contributed by atoms with Gasteiger partial charge < -0.3 is 9.47 Å². The second-order valence-corrected chi connectivity index (χ2v) is 6.47. The molecule has 0 bridgehead atoms. The zero-order valence-electron chi connectivity index (χ0n) is 11.1. The molecule has 0 unspecified atom stereocenters. The predicted molar refractivity (Wildman–Crippen MR) is 93.1 cm³/mol. The molecule has 0 fully saturated rings. The van der Waals surface area contributed by atoms with Gasteiger partial charge in [0.25, 0.3) is 0 Å². The van der Waals surface area contributed by atoms with E-state index < -0.39 is 0 Å². The number of thiophene rings is 1. The summed E-state index contributed by atoms with van der Waals surface area (Å²) in [6, 6.07) is 14.4. The molecule has 0 aliphatic carbocycles. The Balaban J connectivity index is 2.18. The summed E-state index contributed by atoms with van der Waals surface area (Å²) in [5.74, 6) is 1.78. The minimum atomic E-state index is 0.883. The van der Waals surface area contributed by atoms with Crippen LogP contribution in [-0.2, 0) is 0 Å². The molecule has 2 nitrogen and oxygen atoms in total. The average Bonchev–Trinajstić information content (AvgIpc) is 2.84. The van der Waals surface area contributed by atoms with Crippen LogP contribution in [0.25, 0.3) is 20.5 Å². The highest BCUT2D eigenvalue weighted by molar-refractivity contribution is 14.1. The van der Waals surface area contributed by atoms with Crippen LogP contribution in [0.1, 0.15) is 0 Å². The molecule has 3 rings (SSSR count). The van der Waals surface area contributed by atoms with Gasteiger partial charge in [-0.2, -0.15) is 0 Å². The number of halogens is 1. The van der Waals surface area contributed by atoms with E-state index in [1.54, 1.807) is 25.6 Å². The van der Waals surface area contributed by atoms with E-state index in [1.807, 2.05) is 18.2 Å². The van der Waals surface area contributed by atoms with E-state index in [0.717, 1.165) is 11.5 Å². The lowest BCUT2D eigenvalue weighted by Gasteiger charge is -2.03. The zero-order chi connectivity index (χ0) is 14.1. The van der Waals surface area contributed by atoms with Crippen molar-refractivity contribution in [2.24, 2.45) is 0 Å². The normalized spacial score (nSPS) is 10.8. The van der Waals surface area contributed by atoms with Gasteiger partial charge in [0.2, 0.25) is 0 Å². The summed E-state index contributed by atoms with van der Waals surface area (Å²) in [6.07, 6.45) is 0. The Bertz CT molecular complexity index is 764. The molecule has 0 amide bonds. The van der Waals surface area contributed by atoms with Gasteiger partial charge >= 0.3 is 0 Å². The lowest BCUT2D eigenvalue weighted by molar-refractivity contribution is 0.415. The fourth-order valence-corrected chi connectivity index (χ4v) is 4.47. The molecule has 1 heterocycles. The first kappa shape index (κ1) is 13.7. The zero-order valence-corrected chi connectivity index (χ0v) is 14.1. The lowest BCUT2D eigenvalue weighted by Crippen LogP contribution is -1.83. The average molecular weight is 396 g/mol. The molecule has 0 N–H and O–H groups in total. The van der Waals surface area contributed by atoms with Crippen molar-refractivity contribution >= 4 is 44.0 Å². The van der Waals surface area contributed by atoms with Crippen molar-refractivity contribution in [3.63, 3.8) is 0 Å². The molecule has 20 heavy (non-hydrogen) atoms. The van der Waals surface area contributed by atoms with Crippen molar-refractivity contribution in [2.45, 2.75) is 0 Å². The molecule has 0 spiro atoms. The van der Waals surface area contributed by atoms with Gasteiger partial charge in [0.15, 0.2) is 0 Å². The molecular weight excluding hydrogens is 383 g/mol. The van der Waals surface area contributed by atoms with Crippen molar-refractivity contribution in [3.8, 4) is 21.9 Å². The van der Waals surface area contributed by atoms with Gasteiger partial charge in [0.1, 0.15) is 11.5 Å². The van der Waals surface area contributed by atoms with Gasteiger partial charge in [0.05, 0.1) is 14.2 Å². The molecule has 0 aliphatic rings. The number of hydrogen-bond donors (Lipinski definition) is 0. The minimum Gasteiger partial charge on any atom is -0.497 e. The maximum Gasteiger partial charge on any atom is 0.119 e. The largest absolute Gasteiger partial charge is 0.497 e. The lowest BCUT2D eigenvalue weighted by atomic mass is 10.1. The van der Waals surface area contributed by atoms with Crippen LogP contribution >= 0.6 is 33.9 Å². The first-order valence-corrected chi connectivity index (χ1v) is 8.03. The number of methoxy groups -OCH3 is 2. The first-order chi connectivity index (χ1) is 9.72. The molecule has 4 heteroatoms. The third-order valence-electron chi connectivity index (χ3n) is 3.17. The first-order valence-electron chi connectivity index (χ1n) is 6.13. The van der Waals surface area contributed by atoms with E-state index in [-0.39, 0.29) is 0 Å². The Morgan fingerprint density at radius 1 is 0.950 bits per heavy atom. The highest BCUT2D eigenvalue weighted by atomic mass is 127. The number of hydrogen-bond acceptors (Lipinski definition) is 3. The fraction of sp³-hybridized carbons (Fsp3) is 0.125. The summed E-state index contributed by atoms with van der Waals surface area (Å²) >= 11 is 4.20. The van der Waals surface area contributed by atoms with Gasteiger partial charge in [-0.15, -0.1) is 11.3 Å². The summed E-state index contributed by atoms with van der Waals surface area (Å²) < 4.78 is 13.1. The second kappa shape index (κ2) is 5.61. The quantitative estimate of drug-likeness (QED) is 0.568. The number of ether oxygens (including phenoxy) is 2. The molecule has 0 saturated carbocycles. The molecule has 1 aromatic heterocycles. The van der Waals surface area contributed by atoms with Gasteiger partial charge in [-0.05, 0) is 58.5 Å². The summed E-state index contributed by atoms with van der Waals surface area (Å²) in [4.78, 5) is 1.27. The topological polar surface area (TPSA) is 18.5 Å². The van der Waals surface area contributed by atoms with Crippen LogP contribution in [0.15, 0.2) is 42.5 Å². The smallest absolute Gasteiger partial charge is 0.119 e. The van der Waals surface area contributed by atoms with Crippen LogP contribution in [-0.4, -0.2) is 14.2 Å². The fourth-order valence-electron chi connectivity index (χ4n) is 2.12. The summed E-state index contributed by atoms with van der Waals surface area (Å²) in [6.45, 7) is 0. The number of fused-ring (bicyclic) bond motifs is 1. The van der Waals surface area contributed by atoms with Crippen molar-refractivity contribution in [3.05, 3.63) is 46.0 Å². The van der Waals surface area contributed by atoms with Crippen molar-refractivity contribution in [2.75, 3.05) is 14.2 Å². The van der Waals surface area contributed by atoms with Crippen LogP contribution in [0.4, 0.5) is 0 Å². The molecule has 3 aromatic rings. The molecule has 0 radical (unpaired) electrons. The van der Waals surface area contributed by atoms with Crippen LogP contribution in [0.2, 0.25) is 0 Å². The summed E-state index contributed by atoms with van der Waals surface area (Å²) in [5, 5.41) is 1.24. The van der Waals surface area contributed by atoms with Crippen molar-refractivity contribution in [1.82, 2.24) is 0 Å². The van der Waals surface area contributed by atoms with Crippen LogP contribution in [0.3, 0.4) is 0 Å².